The molecular weight excluding hydrogens is 234 g/mol. The van der Waals surface area contributed by atoms with Crippen LogP contribution in [0.1, 0.15) is 20.8 Å². The molecule has 0 aliphatic rings. The molecule has 14 heavy (non-hydrogen) atoms. The fourth-order valence-corrected chi connectivity index (χ4v) is 3.05. The van der Waals surface area contributed by atoms with Gasteiger partial charge in [-0.1, -0.05) is 0 Å². The molecule has 0 amide bonds. The number of nitrogens with zero attached hydrogens (tertiary/aromatic N) is 1. The monoisotopic (exact) mass is 243 g/mol. The highest BCUT2D eigenvalue weighted by molar-refractivity contribution is 7.11. The topological polar surface area (TPSA) is 12.9 Å². The van der Waals surface area contributed by atoms with Gasteiger partial charge < -0.3 is 0 Å². The van der Waals surface area contributed by atoms with Gasteiger partial charge in [-0.05, 0) is 35.7 Å². The Bertz CT molecular complexity index is 394. The summed E-state index contributed by atoms with van der Waals surface area (Å²) in [6.07, 6.45) is 2.77. The maximum absolute atomic E-state index is 6.29. The molecule has 1 unspecified atom stereocenters. The number of aryl methyl sites for hydroxylation is 1. The highest BCUT2D eigenvalue weighted by Gasteiger charge is 2.11. The van der Waals surface area contributed by atoms with Gasteiger partial charge in [0.15, 0.2) is 0 Å². The molecule has 0 saturated carbocycles. The molecule has 0 aliphatic carbocycles. The van der Waals surface area contributed by atoms with E-state index in [1.807, 2.05) is 13.1 Å². The van der Waals surface area contributed by atoms with Crippen molar-refractivity contribution in [1.82, 2.24) is 4.98 Å². The maximum Gasteiger partial charge on any atom is 0.0897 e. The van der Waals surface area contributed by atoms with E-state index in [1.165, 1.54) is 5.56 Å². The van der Waals surface area contributed by atoms with Crippen LogP contribution >= 0.6 is 34.3 Å². The summed E-state index contributed by atoms with van der Waals surface area (Å²) < 4.78 is 0. The SMILES string of the molecule is Cc1ncc(C(Cl)Cc2ccsc2)s1. The Morgan fingerprint density at radius 2 is 2.43 bits per heavy atom. The number of alkyl halides is 1. The number of aromatic nitrogens is 1. The lowest BCUT2D eigenvalue weighted by Crippen LogP contribution is -1.91. The Labute approximate surface area is 96.4 Å². The second kappa shape index (κ2) is 4.43. The van der Waals surface area contributed by atoms with Crippen LogP contribution in [0.3, 0.4) is 0 Å². The van der Waals surface area contributed by atoms with Gasteiger partial charge >= 0.3 is 0 Å². The first-order valence-corrected chi connectivity index (χ1v) is 6.53. The van der Waals surface area contributed by atoms with Gasteiger partial charge in [-0.15, -0.1) is 22.9 Å². The highest BCUT2D eigenvalue weighted by atomic mass is 35.5. The van der Waals surface area contributed by atoms with Crippen molar-refractivity contribution in [3.05, 3.63) is 38.5 Å². The van der Waals surface area contributed by atoms with Gasteiger partial charge in [-0.2, -0.15) is 11.3 Å². The van der Waals surface area contributed by atoms with Gasteiger partial charge in [0.1, 0.15) is 0 Å². The van der Waals surface area contributed by atoms with Crippen LogP contribution < -0.4 is 0 Å². The van der Waals surface area contributed by atoms with E-state index < -0.39 is 0 Å². The van der Waals surface area contributed by atoms with Crippen LogP contribution in [0.4, 0.5) is 0 Å². The minimum atomic E-state index is 0.0656. The van der Waals surface area contributed by atoms with E-state index in [4.69, 9.17) is 11.6 Å². The molecule has 0 spiro atoms. The Kier molecular flexibility index (Phi) is 3.21. The third-order valence-corrected chi connectivity index (χ3v) is 4.22. The smallest absolute Gasteiger partial charge is 0.0897 e. The van der Waals surface area contributed by atoms with E-state index in [9.17, 15) is 0 Å². The van der Waals surface area contributed by atoms with Crippen molar-refractivity contribution in [1.29, 1.82) is 0 Å². The molecule has 0 aromatic carbocycles. The number of hydrogen-bond acceptors (Lipinski definition) is 3. The molecule has 2 aromatic rings. The third-order valence-electron chi connectivity index (χ3n) is 1.94. The Morgan fingerprint density at radius 1 is 1.57 bits per heavy atom. The van der Waals surface area contributed by atoms with Gasteiger partial charge in [0.2, 0.25) is 0 Å². The zero-order chi connectivity index (χ0) is 9.97. The van der Waals surface area contributed by atoms with E-state index in [0.717, 1.165) is 16.3 Å². The van der Waals surface area contributed by atoms with Gasteiger partial charge in [0.05, 0.1) is 10.4 Å². The summed E-state index contributed by atoms with van der Waals surface area (Å²) in [6, 6.07) is 2.12. The largest absolute Gasteiger partial charge is 0.250 e. The van der Waals surface area contributed by atoms with Crippen molar-refractivity contribution < 1.29 is 0 Å². The van der Waals surface area contributed by atoms with E-state index in [2.05, 4.69) is 21.8 Å². The summed E-state index contributed by atoms with van der Waals surface area (Å²) in [5, 5.41) is 5.37. The average Bonchev–Trinajstić information content (AvgIpc) is 2.75. The second-order valence-electron chi connectivity index (χ2n) is 3.08. The zero-order valence-corrected chi connectivity index (χ0v) is 10.1. The van der Waals surface area contributed by atoms with Gasteiger partial charge in [0.25, 0.3) is 0 Å². The van der Waals surface area contributed by atoms with E-state index in [1.54, 1.807) is 22.7 Å². The lowest BCUT2D eigenvalue weighted by Gasteiger charge is -2.03. The zero-order valence-electron chi connectivity index (χ0n) is 7.74. The number of thiophene rings is 1. The molecule has 0 saturated heterocycles. The summed E-state index contributed by atoms with van der Waals surface area (Å²) in [7, 11) is 0. The van der Waals surface area contributed by atoms with E-state index in [0.29, 0.717) is 0 Å². The van der Waals surface area contributed by atoms with Crippen molar-refractivity contribution in [2.75, 3.05) is 0 Å². The second-order valence-corrected chi connectivity index (χ2v) is 5.66. The van der Waals surface area contributed by atoms with Crippen LogP contribution in [0, 0.1) is 6.92 Å². The molecule has 4 heteroatoms. The van der Waals surface area contributed by atoms with Crippen LogP contribution in [0.5, 0.6) is 0 Å². The molecule has 2 heterocycles. The van der Waals surface area contributed by atoms with Gasteiger partial charge in [-0.3, -0.25) is 0 Å². The fourth-order valence-electron chi connectivity index (χ4n) is 1.24. The molecule has 0 N–H and O–H groups in total. The summed E-state index contributed by atoms with van der Waals surface area (Å²) in [6.45, 7) is 2.00. The molecule has 74 valence electrons. The molecular formula is C10H10ClNS2. The lowest BCUT2D eigenvalue weighted by molar-refractivity contribution is 0.941. The van der Waals surface area contributed by atoms with Crippen molar-refractivity contribution in [3.63, 3.8) is 0 Å². The summed E-state index contributed by atoms with van der Waals surface area (Å²) in [4.78, 5) is 5.37. The van der Waals surface area contributed by atoms with Gasteiger partial charge in [-0.25, -0.2) is 4.98 Å². The van der Waals surface area contributed by atoms with Crippen LogP contribution in [0.2, 0.25) is 0 Å². The molecule has 2 aromatic heterocycles. The molecule has 0 aliphatic heterocycles. The molecule has 2 rings (SSSR count). The number of thiazole rings is 1. The Morgan fingerprint density at radius 3 is 3.00 bits per heavy atom. The van der Waals surface area contributed by atoms with E-state index in [-0.39, 0.29) is 5.38 Å². The van der Waals surface area contributed by atoms with Crippen LogP contribution in [-0.2, 0) is 6.42 Å². The quantitative estimate of drug-likeness (QED) is 0.742. The minimum Gasteiger partial charge on any atom is -0.250 e. The number of rotatable bonds is 3. The first-order chi connectivity index (χ1) is 6.75. The average molecular weight is 244 g/mol. The van der Waals surface area contributed by atoms with E-state index >= 15 is 0 Å². The first-order valence-electron chi connectivity index (χ1n) is 4.33. The summed E-state index contributed by atoms with van der Waals surface area (Å²) >= 11 is 9.68. The number of hydrogen-bond donors (Lipinski definition) is 0. The lowest BCUT2D eigenvalue weighted by atomic mass is 10.2. The Balaban J connectivity index is 2.06. The van der Waals surface area contributed by atoms with Crippen molar-refractivity contribution in [3.8, 4) is 0 Å². The third kappa shape index (κ3) is 2.35. The standard InChI is InChI=1S/C10H10ClNS2/c1-7-12-5-10(14-7)9(11)4-8-2-3-13-6-8/h2-3,5-6,9H,4H2,1H3. The fraction of sp³-hybridized carbons (Fsp3) is 0.300. The van der Waals surface area contributed by atoms with Crippen LogP contribution in [0.25, 0.3) is 0 Å². The van der Waals surface area contributed by atoms with Crippen LogP contribution in [-0.4, -0.2) is 4.98 Å². The predicted octanol–water partition coefficient (Wildman–Crippen LogP) is 4.04. The summed E-state index contributed by atoms with van der Waals surface area (Å²) in [5.41, 5.74) is 1.31. The molecule has 0 radical (unpaired) electrons. The first kappa shape index (κ1) is 10.1. The molecule has 0 fully saturated rings. The predicted molar refractivity (Wildman–Crippen MR) is 63.5 cm³/mol. The van der Waals surface area contributed by atoms with Crippen LogP contribution in [0.15, 0.2) is 23.0 Å². The summed E-state index contributed by atoms with van der Waals surface area (Å²) in [5.74, 6) is 0. The molecule has 1 nitrogen and oxygen atoms in total. The molecule has 0 bridgehead atoms. The number of halogens is 1. The highest BCUT2D eigenvalue weighted by Crippen LogP contribution is 2.29. The van der Waals surface area contributed by atoms with Crippen molar-refractivity contribution >= 4 is 34.3 Å². The normalized spacial score (nSPS) is 13.0. The Hall–Kier alpha value is -0.380. The van der Waals surface area contributed by atoms with Gasteiger partial charge in [0, 0.05) is 11.1 Å². The maximum atomic E-state index is 6.29. The van der Waals surface area contributed by atoms with Crippen molar-refractivity contribution in [2.24, 2.45) is 0 Å². The van der Waals surface area contributed by atoms with Crippen molar-refractivity contribution in [2.45, 2.75) is 18.7 Å². The minimum absolute atomic E-state index is 0.0656. The molecule has 1 atom stereocenters.